The minimum atomic E-state index is -0.959. The molecule has 7 nitrogen and oxygen atoms in total. The van der Waals surface area contributed by atoms with Crippen LogP contribution in [-0.2, 0) is 17.8 Å². The Labute approximate surface area is 169 Å². The van der Waals surface area contributed by atoms with Gasteiger partial charge < -0.3 is 20.5 Å². The molecule has 2 aromatic carbocycles. The van der Waals surface area contributed by atoms with E-state index >= 15 is 0 Å². The third kappa shape index (κ3) is 4.56. The molecule has 1 unspecified atom stereocenters. The number of nitrogen functional groups attached to an aromatic ring is 1. The molecule has 7 heteroatoms. The first-order chi connectivity index (χ1) is 13.9. The molecule has 0 radical (unpaired) electrons. The number of carbonyl (C=O) groups excluding carboxylic acids is 1. The molecule has 4 N–H and O–H groups in total. The minimum absolute atomic E-state index is 0.0231. The van der Waals surface area contributed by atoms with Crippen molar-refractivity contribution in [2.45, 2.75) is 38.8 Å². The molecule has 1 aliphatic rings. The number of carbonyl (C=O) groups is 2. The highest BCUT2D eigenvalue weighted by Gasteiger charge is 2.33. The molecule has 152 valence electrons. The molecule has 0 aromatic heterocycles. The van der Waals surface area contributed by atoms with Crippen molar-refractivity contribution < 1.29 is 19.4 Å². The van der Waals surface area contributed by atoms with E-state index in [9.17, 15) is 14.7 Å². The van der Waals surface area contributed by atoms with E-state index in [-0.39, 0.29) is 11.7 Å². The SMILES string of the molecule is CCCC(C(=O)O)N1CCc2cc(OCc3ccc(C(=N)N)cc3)ccc2C1=O. The van der Waals surface area contributed by atoms with Crippen LogP contribution in [0, 0.1) is 5.41 Å². The highest BCUT2D eigenvalue weighted by atomic mass is 16.5. The Balaban J connectivity index is 1.69. The molecule has 0 bridgehead atoms. The molecule has 29 heavy (non-hydrogen) atoms. The number of nitrogens with two attached hydrogens (primary N) is 1. The van der Waals surface area contributed by atoms with Gasteiger partial charge in [-0.2, -0.15) is 0 Å². The number of nitrogens with one attached hydrogen (secondary N) is 1. The maximum Gasteiger partial charge on any atom is 0.326 e. The monoisotopic (exact) mass is 395 g/mol. The number of ether oxygens (including phenoxy) is 1. The van der Waals surface area contributed by atoms with Crippen molar-refractivity contribution in [3.05, 3.63) is 64.7 Å². The number of nitrogens with zero attached hydrogens (tertiary/aromatic N) is 1. The van der Waals surface area contributed by atoms with Crippen LogP contribution in [0.4, 0.5) is 0 Å². The van der Waals surface area contributed by atoms with E-state index in [0.29, 0.717) is 49.3 Å². The topological polar surface area (TPSA) is 117 Å². The summed E-state index contributed by atoms with van der Waals surface area (Å²) < 4.78 is 5.84. The molecule has 1 amide bonds. The number of hydrogen-bond donors (Lipinski definition) is 3. The molecule has 0 aliphatic carbocycles. The number of carboxylic acids is 1. The van der Waals surface area contributed by atoms with Gasteiger partial charge in [-0.1, -0.05) is 37.6 Å². The molecule has 0 fully saturated rings. The summed E-state index contributed by atoms with van der Waals surface area (Å²) in [7, 11) is 0. The highest BCUT2D eigenvalue weighted by molar-refractivity contribution is 5.99. The van der Waals surface area contributed by atoms with Crippen molar-refractivity contribution in [2.24, 2.45) is 5.73 Å². The van der Waals surface area contributed by atoms with Gasteiger partial charge in [0.05, 0.1) is 0 Å². The number of benzene rings is 2. The minimum Gasteiger partial charge on any atom is -0.489 e. The summed E-state index contributed by atoms with van der Waals surface area (Å²) in [5, 5.41) is 16.9. The third-order valence-corrected chi connectivity index (χ3v) is 5.08. The number of carboxylic acid groups (broad SMARTS) is 1. The highest BCUT2D eigenvalue weighted by Crippen LogP contribution is 2.26. The lowest BCUT2D eigenvalue weighted by Crippen LogP contribution is -2.48. The molecule has 1 heterocycles. The van der Waals surface area contributed by atoms with Crippen LogP contribution in [0.25, 0.3) is 0 Å². The summed E-state index contributed by atoms with van der Waals surface area (Å²) >= 11 is 0. The summed E-state index contributed by atoms with van der Waals surface area (Å²) in [5.41, 5.74) is 8.47. The molecule has 3 rings (SSSR count). The normalized spacial score (nSPS) is 14.2. The number of aliphatic carboxylic acids is 1. The summed E-state index contributed by atoms with van der Waals surface area (Å²) in [6.07, 6.45) is 1.74. The first-order valence-electron chi connectivity index (χ1n) is 9.63. The van der Waals surface area contributed by atoms with Crippen LogP contribution in [0.2, 0.25) is 0 Å². The largest absolute Gasteiger partial charge is 0.489 e. The predicted octanol–water partition coefficient (Wildman–Crippen LogP) is 2.80. The number of hydrogen-bond acceptors (Lipinski definition) is 4. The van der Waals surface area contributed by atoms with E-state index in [0.717, 1.165) is 11.1 Å². The average molecular weight is 395 g/mol. The van der Waals surface area contributed by atoms with Crippen molar-refractivity contribution in [1.29, 1.82) is 5.41 Å². The van der Waals surface area contributed by atoms with Gasteiger partial charge in [0, 0.05) is 17.7 Å². The van der Waals surface area contributed by atoms with Gasteiger partial charge in [0.15, 0.2) is 0 Å². The molecule has 2 aromatic rings. The van der Waals surface area contributed by atoms with E-state index in [4.69, 9.17) is 15.9 Å². The second kappa shape index (κ2) is 8.77. The Morgan fingerprint density at radius 1 is 1.28 bits per heavy atom. The zero-order valence-corrected chi connectivity index (χ0v) is 16.4. The number of amides is 1. The van der Waals surface area contributed by atoms with E-state index in [2.05, 4.69) is 0 Å². The van der Waals surface area contributed by atoms with E-state index < -0.39 is 12.0 Å². The lowest BCUT2D eigenvalue weighted by Gasteiger charge is -2.33. The fourth-order valence-electron chi connectivity index (χ4n) is 3.50. The third-order valence-electron chi connectivity index (χ3n) is 5.08. The van der Waals surface area contributed by atoms with Gasteiger partial charge in [0.1, 0.15) is 24.2 Å². The van der Waals surface area contributed by atoms with Crippen LogP contribution in [0.1, 0.15) is 46.8 Å². The molecule has 0 saturated carbocycles. The first-order valence-corrected chi connectivity index (χ1v) is 9.63. The van der Waals surface area contributed by atoms with Gasteiger partial charge in [-0.05, 0) is 42.2 Å². The summed E-state index contributed by atoms with van der Waals surface area (Å²) in [5.74, 6) is -0.517. The van der Waals surface area contributed by atoms with Crippen LogP contribution in [0.5, 0.6) is 5.75 Å². The number of amidine groups is 1. The van der Waals surface area contributed by atoms with Gasteiger partial charge in [-0.25, -0.2) is 4.79 Å². The van der Waals surface area contributed by atoms with Crippen LogP contribution in [0.15, 0.2) is 42.5 Å². The van der Waals surface area contributed by atoms with Crippen LogP contribution < -0.4 is 10.5 Å². The van der Waals surface area contributed by atoms with Gasteiger partial charge in [0.2, 0.25) is 0 Å². The number of fused-ring (bicyclic) bond motifs is 1. The van der Waals surface area contributed by atoms with Crippen LogP contribution >= 0.6 is 0 Å². The second-order valence-corrected chi connectivity index (χ2v) is 7.11. The molecule has 1 atom stereocenters. The maximum atomic E-state index is 12.8. The Morgan fingerprint density at radius 2 is 2.00 bits per heavy atom. The Hall–Kier alpha value is -3.35. The molecular weight excluding hydrogens is 370 g/mol. The fraction of sp³-hybridized carbons (Fsp3) is 0.318. The van der Waals surface area contributed by atoms with Crippen molar-refractivity contribution >= 4 is 17.7 Å². The summed E-state index contributed by atoms with van der Waals surface area (Å²) in [6.45, 7) is 2.66. The van der Waals surface area contributed by atoms with Gasteiger partial charge >= 0.3 is 5.97 Å². The van der Waals surface area contributed by atoms with Gasteiger partial charge in [-0.15, -0.1) is 0 Å². The molecule has 0 saturated heterocycles. The van der Waals surface area contributed by atoms with Gasteiger partial charge in [-0.3, -0.25) is 10.2 Å². The average Bonchev–Trinajstić information content (AvgIpc) is 2.71. The van der Waals surface area contributed by atoms with Crippen molar-refractivity contribution in [2.75, 3.05) is 6.54 Å². The Morgan fingerprint density at radius 3 is 2.62 bits per heavy atom. The first kappa shape index (κ1) is 20.4. The molecule has 0 spiro atoms. The Bertz CT molecular complexity index is 924. The standard InChI is InChI=1S/C22H25N3O4/c1-2-3-19(22(27)28)25-11-10-16-12-17(8-9-18(16)21(25)26)29-13-14-4-6-15(7-5-14)20(23)24/h4-9,12,19H,2-3,10-11,13H2,1H3,(H3,23,24)(H,27,28). The van der Waals surface area contributed by atoms with E-state index in [1.54, 1.807) is 24.3 Å². The quantitative estimate of drug-likeness (QED) is 0.469. The second-order valence-electron chi connectivity index (χ2n) is 7.11. The molecule has 1 aliphatic heterocycles. The maximum absolute atomic E-state index is 12.8. The lowest BCUT2D eigenvalue weighted by molar-refractivity contribution is -0.142. The zero-order chi connectivity index (χ0) is 21.0. The van der Waals surface area contributed by atoms with E-state index in [1.807, 2.05) is 25.1 Å². The van der Waals surface area contributed by atoms with Crippen molar-refractivity contribution in [1.82, 2.24) is 4.90 Å². The van der Waals surface area contributed by atoms with Crippen molar-refractivity contribution in [3.63, 3.8) is 0 Å². The zero-order valence-electron chi connectivity index (χ0n) is 16.4. The molecular formula is C22H25N3O4. The van der Waals surface area contributed by atoms with Crippen LogP contribution in [0.3, 0.4) is 0 Å². The summed E-state index contributed by atoms with van der Waals surface area (Å²) in [6, 6.07) is 11.8. The van der Waals surface area contributed by atoms with Gasteiger partial charge in [0.25, 0.3) is 5.91 Å². The van der Waals surface area contributed by atoms with Crippen molar-refractivity contribution in [3.8, 4) is 5.75 Å². The number of rotatable bonds is 8. The lowest BCUT2D eigenvalue weighted by atomic mass is 9.96. The van der Waals surface area contributed by atoms with Crippen LogP contribution in [-0.4, -0.2) is 40.3 Å². The van der Waals surface area contributed by atoms with E-state index in [1.165, 1.54) is 4.90 Å². The smallest absolute Gasteiger partial charge is 0.326 e. The fourth-order valence-corrected chi connectivity index (χ4v) is 3.50. The Kier molecular flexibility index (Phi) is 6.16. The predicted molar refractivity (Wildman–Crippen MR) is 109 cm³/mol. The summed E-state index contributed by atoms with van der Waals surface area (Å²) in [4.78, 5) is 25.8.